The summed E-state index contributed by atoms with van der Waals surface area (Å²) in [7, 11) is 0. The van der Waals surface area contributed by atoms with E-state index < -0.39 is 11.5 Å². The van der Waals surface area contributed by atoms with Crippen LogP contribution in [-0.2, 0) is 14.3 Å². The molecule has 2 bridgehead atoms. The van der Waals surface area contributed by atoms with Crippen molar-refractivity contribution in [1.82, 2.24) is 0 Å². The smallest absolute Gasteiger partial charge is 0.302 e. The van der Waals surface area contributed by atoms with Crippen LogP contribution in [0.4, 0.5) is 0 Å². The third kappa shape index (κ3) is 2.35. The van der Waals surface area contributed by atoms with E-state index in [1.807, 2.05) is 0 Å². The van der Waals surface area contributed by atoms with Crippen LogP contribution < -0.4 is 0 Å². The Morgan fingerprint density at radius 3 is 2.76 bits per heavy atom. The lowest BCUT2D eigenvalue weighted by atomic mass is 9.46. The molecule has 1 unspecified atom stereocenters. The van der Waals surface area contributed by atoms with Gasteiger partial charge in [0.1, 0.15) is 5.78 Å². The van der Waals surface area contributed by atoms with Gasteiger partial charge in [0.2, 0.25) is 0 Å². The average molecular weight is 348 g/mol. The topological polar surface area (TPSA) is 63.6 Å². The van der Waals surface area contributed by atoms with Gasteiger partial charge in [0, 0.05) is 18.3 Å². The summed E-state index contributed by atoms with van der Waals surface area (Å²) in [6.07, 6.45) is 6.64. The van der Waals surface area contributed by atoms with E-state index in [1.165, 1.54) is 6.92 Å². The molecular formula is C21H32O4. The Morgan fingerprint density at radius 1 is 1.28 bits per heavy atom. The highest BCUT2D eigenvalue weighted by Gasteiger charge is 2.67. The molecule has 0 amide bonds. The molecule has 1 spiro atoms. The lowest BCUT2D eigenvalue weighted by Gasteiger charge is -2.59. The molecule has 140 valence electrons. The molecule has 4 heteroatoms. The minimum atomic E-state index is -0.520. The highest BCUT2D eigenvalue weighted by Crippen LogP contribution is 2.66. The van der Waals surface area contributed by atoms with Crippen LogP contribution in [0.1, 0.15) is 65.7 Å². The molecule has 4 saturated carbocycles. The van der Waals surface area contributed by atoms with Crippen LogP contribution in [0.5, 0.6) is 0 Å². The molecule has 0 aromatic heterocycles. The minimum Gasteiger partial charge on any atom is -0.465 e. The summed E-state index contributed by atoms with van der Waals surface area (Å²) in [4.78, 5) is 24.5. The summed E-state index contributed by atoms with van der Waals surface area (Å²) >= 11 is 0. The lowest BCUT2D eigenvalue weighted by molar-refractivity contribution is -0.178. The first-order chi connectivity index (χ1) is 11.8. The number of rotatable bonds is 2. The predicted octanol–water partition coefficient (Wildman–Crippen LogP) is 3.36. The molecule has 8 atom stereocenters. The summed E-state index contributed by atoms with van der Waals surface area (Å²) in [5.74, 6) is 1.89. The first-order valence-electron chi connectivity index (χ1n) is 10.2. The van der Waals surface area contributed by atoms with Crippen LogP contribution in [0.2, 0.25) is 0 Å². The zero-order valence-electron chi connectivity index (χ0n) is 15.8. The molecule has 4 nitrogen and oxygen atoms in total. The van der Waals surface area contributed by atoms with Crippen LogP contribution in [-0.4, -0.2) is 29.6 Å². The van der Waals surface area contributed by atoms with Crippen LogP contribution in [0.15, 0.2) is 0 Å². The first-order valence-corrected chi connectivity index (χ1v) is 10.2. The van der Waals surface area contributed by atoms with Crippen LogP contribution in [0, 0.1) is 40.4 Å². The number of hydrogen-bond acceptors (Lipinski definition) is 4. The molecule has 4 aliphatic carbocycles. The molecule has 4 fully saturated rings. The zero-order chi connectivity index (χ0) is 18.0. The predicted molar refractivity (Wildman–Crippen MR) is 93.6 cm³/mol. The molecule has 0 heterocycles. The summed E-state index contributed by atoms with van der Waals surface area (Å²) in [6.45, 7) is 6.22. The van der Waals surface area contributed by atoms with Gasteiger partial charge in [-0.1, -0.05) is 20.3 Å². The van der Waals surface area contributed by atoms with Gasteiger partial charge >= 0.3 is 5.97 Å². The van der Waals surface area contributed by atoms with Gasteiger partial charge in [-0.3, -0.25) is 9.59 Å². The summed E-state index contributed by atoms with van der Waals surface area (Å²) in [6, 6.07) is 0. The number of hydrogen-bond donors (Lipinski definition) is 1. The second-order valence-corrected chi connectivity index (χ2v) is 9.69. The summed E-state index contributed by atoms with van der Waals surface area (Å²) in [5.41, 5.74) is -0.537. The van der Waals surface area contributed by atoms with Crippen molar-refractivity contribution in [3.05, 3.63) is 0 Å². The number of esters is 1. The van der Waals surface area contributed by atoms with E-state index >= 15 is 0 Å². The van der Waals surface area contributed by atoms with Crippen molar-refractivity contribution in [2.45, 2.75) is 71.8 Å². The van der Waals surface area contributed by atoms with Crippen molar-refractivity contribution in [2.75, 3.05) is 6.61 Å². The van der Waals surface area contributed by atoms with Crippen molar-refractivity contribution < 1.29 is 19.4 Å². The first kappa shape index (κ1) is 17.5. The van der Waals surface area contributed by atoms with E-state index in [2.05, 4.69) is 13.8 Å². The second-order valence-electron chi connectivity index (χ2n) is 9.69. The molecule has 0 aromatic rings. The van der Waals surface area contributed by atoms with Crippen molar-refractivity contribution in [3.63, 3.8) is 0 Å². The normalized spacial score (nSPS) is 51.6. The number of carbonyl (C=O) groups excluding carboxylic acids is 2. The van der Waals surface area contributed by atoms with E-state index in [9.17, 15) is 14.7 Å². The largest absolute Gasteiger partial charge is 0.465 e. The number of carbonyl (C=O) groups is 2. The van der Waals surface area contributed by atoms with Gasteiger partial charge in [0.05, 0.1) is 18.1 Å². The third-order valence-corrected chi connectivity index (χ3v) is 8.58. The minimum absolute atomic E-state index is 0.0682. The molecule has 1 N–H and O–H groups in total. The Hall–Kier alpha value is -0.900. The highest BCUT2D eigenvalue weighted by molar-refractivity contribution is 5.90. The Balaban J connectivity index is 1.66. The van der Waals surface area contributed by atoms with E-state index in [0.29, 0.717) is 42.5 Å². The van der Waals surface area contributed by atoms with E-state index in [1.54, 1.807) is 0 Å². The van der Waals surface area contributed by atoms with Crippen LogP contribution in [0.25, 0.3) is 0 Å². The number of ether oxygens (including phenoxy) is 1. The van der Waals surface area contributed by atoms with Crippen LogP contribution in [0.3, 0.4) is 0 Å². The number of fused-ring (bicyclic) bond motifs is 3. The molecule has 0 aromatic carbocycles. The second kappa shape index (κ2) is 5.80. The molecule has 25 heavy (non-hydrogen) atoms. The standard InChI is InChI=1S/C21H32O4/c1-12-14-6-7-16-15-5-4-8-20(3,11-25-13(2)22)17(15)9-18(23)21(16,10-14)19(12)24/h12,14-18,23H,4-11H2,1-3H3/t12?,14-,15+,16+,17+,18-,20-,21-/m1/s1. The molecule has 0 radical (unpaired) electrons. The molecule has 0 aliphatic heterocycles. The van der Waals surface area contributed by atoms with E-state index in [0.717, 1.165) is 38.5 Å². The van der Waals surface area contributed by atoms with Crippen molar-refractivity contribution in [3.8, 4) is 0 Å². The van der Waals surface area contributed by atoms with E-state index in [4.69, 9.17) is 4.74 Å². The van der Waals surface area contributed by atoms with Crippen LogP contribution >= 0.6 is 0 Å². The van der Waals surface area contributed by atoms with Gasteiger partial charge < -0.3 is 9.84 Å². The maximum absolute atomic E-state index is 13.2. The molecule has 0 saturated heterocycles. The molecule has 4 aliphatic rings. The maximum Gasteiger partial charge on any atom is 0.302 e. The Labute approximate surface area is 150 Å². The SMILES string of the molecule is CC(=O)OC[C@@]1(C)CCC[C@@H]2[C@@H]1C[C@@H](O)[C@@]13C[C@@H](CC[C@@H]21)C(C)C3=O. The molecule has 4 rings (SSSR count). The monoisotopic (exact) mass is 348 g/mol. The van der Waals surface area contributed by atoms with E-state index in [-0.39, 0.29) is 17.3 Å². The number of aliphatic hydroxyl groups is 1. The van der Waals surface area contributed by atoms with Gasteiger partial charge in [-0.25, -0.2) is 0 Å². The summed E-state index contributed by atoms with van der Waals surface area (Å²) in [5, 5.41) is 11.2. The third-order valence-electron chi connectivity index (χ3n) is 8.58. The maximum atomic E-state index is 13.2. The number of aliphatic hydroxyl groups excluding tert-OH is 1. The van der Waals surface area contributed by atoms with Crippen molar-refractivity contribution in [2.24, 2.45) is 40.4 Å². The fourth-order valence-electron chi connectivity index (χ4n) is 7.31. The average Bonchev–Trinajstić information content (AvgIpc) is 2.77. The Morgan fingerprint density at radius 2 is 2.04 bits per heavy atom. The Kier molecular flexibility index (Phi) is 4.06. The van der Waals surface area contributed by atoms with Gasteiger partial charge in [-0.15, -0.1) is 0 Å². The molecular weight excluding hydrogens is 316 g/mol. The number of ketones is 1. The lowest BCUT2D eigenvalue weighted by Crippen LogP contribution is -2.59. The fraction of sp³-hybridized carbons (Fsp3) is 0.905. The quantitative estimate of drug-likeness (QED) is 0.777. The van der Waals surface area contributed by atoms with Gasteiger partial charge in [-0.05, 0) is 62.2 Å². The zero-order valence-corrected chi connectivity index (χ0v) is 15.8. The number of Topliss-reactive ketones (excluding diaryl/α,β-unsaturated/α-hetero) is 1. The van der Waals surface area contributed by atoms with Gasteiger partial charge in [0.15, 0.2) is 0 Å². The van der Waals surface area contributed by atoms with Crippen molar-refractivity contribution >= 4 is 11.8 Å². The van der Waals surface area contributed by atoms with Crippen molar-refractivity contribution in [1.29, 1.82) is 0 Å². The van der Waals surface area contributed by atoms with Gasteiger partial charge in [0.25, 0.3) is 0 Å². The van der Waals surface area contributed by atoms with Gasteiger partial charge in [-0.2, -0.15) is 0 Å². The fourth-order valence-corrected chi connectivity index (χ4v) is 7.31. The Bertz CT molecular complexity index is 586. The summed E-state index contributed by atoms with van der Waals surface area (Å²) < 4.78 is 5.42. The highest BCUT2D eigenvalue weighted by atomic mass is 16.5.